The van der Waals surface area contributed by atoms with Gasteiger partial charge in [0.25, 0.3) is 5.91 Å². The summed E-state index contributed by atoms with van der Waals surface area (Å²) in [5, 5.41) is 9.11. The Morgan fingerprint density at radius 1 is 0.853 bits per heavy atom. The monoisotopic (exact) mass is 465 g/mol. The molecule has 2 aromatic carbocycles. The van der Waals surface area contributed by atoms with Crippen LogP contribution in [0.15, 0.2) is 48.5 Å². The summed E-state index contributed by atoms with van der Waals surface area (Å²) in [6.07, 6.45) is 11.8. The molecule has 3 N–H and O–H groups in total. The minimum absolute atomic E-state index is 0.0277. The topological polar surface area (TPSA) is 79.5 Å². The summed E-state index contributed by atoms with van der Waals surface area (Å²) in [5.74, 6) is 0.656. The van der Waals surface area contributed by atoms with E-state index in [1.807, 2.05) is 36.4 Å². The Labute approximate surface area is 203 Å². The molecule has 0 radical (unpaired) electrons. The molecule has 0 atom stereocenters. The van der Waals surface area contributed by atoms with Gasteiger partial charge in [0.15, 0.2) is 0 Å². The zero-order chi connectivity index (χ0) is 24.0. The summed E-state index contributed by atoms with van der Waals surface area (Å²) in [6.45, 7) is 3.08. The molecule has 0 aliphatic heterocycles. The van der Waals surface area contributed by atoms with Crippen molar-refractivity contribution in [3.63, 3.8) is 0 Å². The molecular weight excluding hydrogens is 426 g/mol. The number of rotatable bonds is 13. The number of anilines is 2. The first kappa shape index (κ1) is 25.6. The van der Waals surface area contributed by atoms with Crippen molar-refractivity contribution in [3.05, 3.63) is 54.1 Å². The summed E-state index contributed by atoms with van der Waals surface area (Å²) < 4.78 is 5.77. The highest BCUT2D eigenvalue weighted by Crippen LogP contribution is 2.19. The van der Waals surface area contributed by atoms with Crippen molar-refractivity contribution >= 4 is 23.2 Å². The molecule has 1 aliphatic carbocycles. The maximum Gasteiger partial charge on any atom is 0.251 e. The average molecular weight is 466 g/mol. The van der Waals surface area contributed by atoms with Crippen LogP contribution in [0.4, 0.5) is 11.4 Å². The first-order valence-electron chi connectivity index (χ1n) is 12.8. The molecule has 3 rings (SSSR count). The van der Waals surface area contributed by atoms with E-state index < -0.39 is 0 Å². The zero-order valence-corrected chi connectivity index (χ0v) is 20.4. The van der Waals surface area contributed by atoms with Crippen LogP contribution in [-0.2, 0) is 4.79 Å². The molecule has 0 spiro atoms. The Bertz CT molecular complexity index is 875. The van der Waals surface area contributed by atoms with Crippen molar-refractivity contribution in [2.75, 3.05) is 23.8 Å². The minimum atomic E-state index is -0.135. The Kier molecular flexibility index (Phi) is 10.8. The van der Waals surface area contributed by atoms with Crippen LogP contribution in [0, 0.1) is 0 Å². The Hall–Kier alpha value is -3.02. The summed E-state index contributed by atoms with van der Waals surface area (Å²) in [7, 11) is 0. The molecule has 1 fully saturated rings. The smallest absolute Gasteiger partial charge is 0.251 e. The van der Waals surface area contributed by atoms with Gasteiger partial charge in [-0.25, -0.2) is 0 Å². The van der Waals surface area contributed by atoms with E-state index in [-0.39, 0.29) is 18.4 Å². The summed E-state index contributed by atoms with van der Waals surface area (Å²) in [5.41, 5.74) is 2.17. The molecule has 2 amide bonds. The predicted octanol–water partition coefficient (Wildman–Crippen LogP) is 6.15. The summed E-state index contributed by atoms with van der Waals surface area (Å²) >= 11 is 0. The molecule has 184 valence electrons. The maximum absolute atomic E-state index is 12.4. The third kappa shape index (κ3) is 9.08. The van der Waals surface area contributed by atoms with E-state index in [1.54, 1.807) is 12.1 Å². The number of benzene rings is 2. The van der Waals surface area contributed by atoms with Gasteiger partial charge in [-0.1, -0.05) is 51.9 Å². The second-order valence-electron chi connectivity index (χ2n) is 9.07. The van der Waals surface area contributed by atoms with Crippen LogP contribution in [0.25, 0.3) is 0 Å². The van der Waals surface area contributed by atoms with Gasteiger partial charge >= 0.3 is 0 Å². The first-order chi connectivity index (χ1) is 16.6. The molecule has 1 saturated carbocycles. The third-order valence-electron chi connectivity index (χ3n) is 6.20. The molecule has 34 heavy (non-hydrogen) atoms. The second kappa shape index (κ2) is 14.3. The van der Waals surface area contributed by atoms with Gasteiger partial charge in [0.05, 0.1) is 13.2 Å². The lowest BCUT2D eigenvalue weighted by Gasteiger charge is -2.22. The number of hydrogen-bond donors (Lipinski definition) is 3. The Morgan fingerprint density at radius 3 is 2.24 bits per heavy atom. The fraction of sp³-hybridized carbons (Fsp3) is 0.500. The van der Waals surface area contributed by atoms with E-state index in [1.165, 1.54) is 44.9 Å². The van der Waals surface area contributed by atoms with Gasteiger partial charge in [0.1, 0.15) is 5.75 Å². The van der Waals surface area contributed by atoms with Gasteiger partial charge in [-0.2, -0.15) is 0 Å². The molecule has 0 aromatic heterocycles. The molecule has 0 heterocycles. The van der Waals surface area contributed by atoms with Gasteiger partial charge in [-0.05, 0) is 67.8 Å². The highest BCUT2D eigenvalue weighted by molar-refractivity contribution is 5.95. The molecule has 1 aliphatic rings. The predicted molar refractivity (Wildman–Crippen MR) is 139 cm³/mol. The number of carbonyl (C=O) groups is 2. The van der Waals surface area contributed by atoms with Gasteiger partial charge in [0, 0.05) is 23.0 Å². The number of hydrogen-bond acceptors (Lipinski definition) is 4. The van der Waals surface area contributed by atoms with Crippen LogP contribution in [0.3, 0.4) is 0 Å². The normalized spacial score (nSPS) is 13.8. The first-order valence-corrected chi connectivity index (χ1v) is 12.8. The number of unbranched alkanes of at least 4 members (excludes halogenated alkanes) is 4. The minimum Gasteiger partial charge on any atom is -0.494 e. The van der Waals surface area contributed by atoms with E-state index in [4.69, 9.17) is 4.74 Å². The third-order valence-corrected chi connectivity index (χ3v) is 6.20. The number of carbonyl (C=O) groups excluding carboxylic acids is 2. The lowest BCUT2D eigenvalue weighted by Crippen LogP contribution is -2.36. The average Bonchev–Trinajstić information content (AvgIpc) is 2.87. The standard InChI is InChI=1S/C28H39N3O3/c1-2-3-4-5-9-20-34-26-18-16-25(17-19-26)30-27(32)21-29-23-14-12-22(13-15-23)28(33)31-24-10-7-6-8-11-24/h12-19,24,29H,2-11,20-21H2,1H3,(H,30,32)(H,31,33). The molecule has 0 saturated heterocycles. The fourth-order valence-corrected chi connectivity index (χ4v) is 4.17. The van der Waals surface area contributed by atoms with Gasteiger partial charge in [-0.3, -0.25) is 9.59 Å². The molecule has 2 aromatic rings. The van der Waals surface area contributed by atoms with Crippen molar-refractivity contribution in [2.45, 2.75) is 77.2 Å². The Morgan fingerprint density at radius 2 is 1.53 bits per heavy atom. The molecule has 0 unspecified atom stereocenters. The lowest BCUT2D eigenvalue weighted by molar-refractivity contribution is -0.114. The van der Waals surface area contributed by atoms with Crippen molar-refractivity contribution in [1.29, 1.82) is 0 Å². The van der Waals surface area contributed by atoms with Gasteiger partial charge < -0.3 is 20.7 Å². The summed E-state index contributed by atoms with van der Waals surface area (Å²) in [6, 6.07) is 15.0. The van der Waals surface area contributed by atoms with Crippen molar-refractivity contribution in [1.82, 2.24) is 5.32 Å². The van der Waals surface area contributed by atoms with E-state index in [0.717, 1.165) is 43.0 Å². The van der Waals surface area contributed by atoms with Crippen molar-refractivity contribution in [3.8, 4) is 5.75 Å². The largest absolute Gasteiger partial charge is 0.494 e. The van der Waals surface area contributed by atoms with Crippen molar-refractivity contribution < 1.29 is 14.3 Å². The van der Waals surface area contributed by atoms with E-state index in [0.29, 0.717) is 11.6 Å². The van der Waals surface area contributed by atoms with Crippen LogP contribution in [0.2, 0.25) is 0 Å². The molecule has 0 bridgehead atoms. The van der Waals surface area contributed by atoms with E-state index in [9.17, 15) is 9.59 Å². The van der Waals surface area contributed by atoms with Crippen LogP contribution in [0.1, 0.15) is 81.5 Å². The van der Waals surface area contributed by atoms with Crippen LogP contribution in [-0.4, -0.2) is 31.0 Å². The quantitative estimate of drug-likeness (QED) is 0.310. The second-order valence-corrected chi connectivity index (χ2v) is 9.07. The molecule has 6 nitrogen and oxygen atoms in total. The van der Waals surface area contributed by atoms with Crippen LogP contribution < -0.4 is 20.7 Å². The van der Waals surface area contributed by atoms with E-state index in [2.05, 4.69) is 22.9 Å². The highest BCUT2D eigenvalue weighted by atomic mass is 16.5. The van der Waals surface area contributed by atoms with Crippen LogP contribution >= 0.6 is 0 Å². The maximum atomic E-state index is 12.4. The van der Waals surface area contributed by atoms with Crippen LogP contribution in [0.5, 0.6) is 5.75 Å². The molecular formula is C28H39N3O3. The number of ether oxygens (including phenoxy) is 1. The van der Waals surface area contributed by atoms with Crippen molar-refractivity contribution in [2.24, 2.45) is 0 Å². The lowest BCUT2D eigenvalue weighted by atomic mass is 9.95. The molecule has 6 heteroatoms. The highest BCUT2D eigenvalue weighted by Gasteiger charge is 2.16. The number of amides is 2. The van der Waals surface area contributed by atoms with E-state index >= 15 is 0 Å². The number of nitrogens with one attached hydrogen (secondary N) is 3. The Balaban J connectivity index is 1.35. The zero-order valence-electron chi connectivity index (χ0n) is 20.4. The van der Waals surface area contributed by atoms with Gasteiger partial charge in [-0.15, -0.1) is 0 Å². The summed E-state index contributed by atoms with van der Waals surface area (Å²) in [4.78, 5) is 24.7. The SMILES string of the molecule is CCCCCCCOc1ccc(NC(=O)CNc2ccc(C(=O)NC3CCCCC3)cc2)cc1. The van der Waals surface area contributed by atoms with Gasteiger partial charge in [0.2, 0.25) is 5.91 Å². The fourth-order valence-electron chi connectivity index (χ4n) is 4.17.